The molecule has 2 aromatic carbocycles. The summed E-state index contributed by atoms with van der Waals surface area (Å²) in [4.78, 5) is 39.9. The molecular weight excluding hydrogens is 368 g/mol. The van der Waals surface area contributed by atoms with E-state index in [0.29, 0.717) is 37.8 Å². The van der Waals surface area contributed by atoms with E-state index >= 15 is 0 Å². The van der Waals surface area contributed by atoms with Gasteiger partial charge in [-0.3, -0.25) is 14.4 Å². The van der Waals surface area contributed by atoms with Gasteiger partial charge in [0.2, 0.25) is 5.91 Å². The Balaban J connectivity index is 1.49. The molecule has 28 heavy (non-hydrogen) atoms. The van der Waals surface area contributed by atoms with Crippen LogP contribution in [0.2, 0.25) is 0 Å². The number of halogens is 2. The summed E-state index contributed by atoms with van der Waals surface area (Å²) in [7, 11) is 0. The average Bonchev–Trinajstić information content (AvgIpc) is 2.72. The molecule has 0 aromatic heterocycles. The van der Waals surface area contributed by atoms with Gasteiger partial charge >= 0.3 is 0 Å². The van der Waals surface area contributed by atoms with Crippen molar-refractivity contribution in [3.63, 3.8) is 0 Å². The van der Waals surface area contributed by atoms with Crippen LogP contribution in [0.3, 0.4) is 0 Å². The molecule has 3 rings (SSSR count). The fourth-order valence-corrected chi connectivity index (χ4v) is 2.96. The highest BCUT2D eigenvalue weighted by Crippen LogP contribution is 2.10. The van der Waals surface area contributed by atoms with E-state index in [1.165, 1.54) is 4.90 Å². The highest BCUT2D eigenvalue weighted by molar-refractivity contribution is 5.97. The molecule has 1 aliphatic heterocycles. The van der Waals surface area contributed by atoms with Gasteiger partial charge < -0.3 is 15.1 Å². The Morgan fingerprint density at radius 1 is 0.893 bits per heavy atom. The van der Waals surface area contributed by atoms with Crippen LogP contribution in [0.5, 0.6) is 0 Å². The third-order valence-electron chi connectivity index (χ3n) is 4.52. The summed E-state index contributed by atoms with van der Waals surface area (Å²) in [5, 5.41) is 2.34. The predicted octanol–water partition coefficient (Wildman–Crippen LogP) is 1.68. The molecule has 2 aromatic rings. The summed E-state index contributed by atoms with van der Waals surface area (Å²) in [5.74, 6) is -2.98. The zero-order chi connectivity index (χ0) is 20.1. The van der Waals surface area contributed by atoms with Crippen LogP contribution in [0.1, 0.15) is 20.7 Å². The van der Waals surface area contributed by atoms with Crippen LogP contribution < -0.4 is 5.32 Å². The lowest BCUT2D eigenvalue weighted by molar-refractivity contribution is -0.131. The quantitative estimate of drug-likeness (QED) is 0.868. The van der Waals surface area contributed by atoms with Crippen LogP contribution in [0.25, 0.3) is 0 Å². The van der Waals surface area contributed by atoms with Gasteiger partial charge in [-0.05, 0) is 24.3 Å². The number of nitrogens with zero attached hydrogens (tertiary/aromatic N) is 2. The second kappa shape index (κ2) is 8.60. The first-order valence-corrected chi connectivity index (χ1v) is 8.81. The van der Waals surface area contributed by atoms with Crippen molar-refractivity contribution in [3.8, 4) is 0 Å². The first-order chi connectivity index (χ1) is 13.5. The van der Waals surface area contributed by atoms with E-state index in [2.05, 4.69) is 5.32 Å². The normalized spacial score (nSPS) is 13.9. The van der Waals surface area contributed by atoms with Gasteiger partial charge in [0, 0.05) is 37.8 Å². The van der Waals surface area contributed by atoms with Crippen LogP contribution in [0, 0.1) is 11.6 Å². The summed E-state index contributed by atoms with van der Waals surface area (Å²) in [6, 6.07) is 11.5. The van der Waals surface area contributed by atoms with Crippen molar-refractivity contribution in [2.24, 2.45) is 0 Å². The summed E-state index contributed by atoms with van der Waals surface area (Å²) >= 11 is 0. The minimum absolute atomic E-state index is 0.0900. The van der Waals surface area contributed by atoms with E-state index in [0.717, 1.165) is 12.1 Å². The topological polar surface area (TPSA) is 69.7 Å². The molecule has 0 saturated carbocycles. The lowest BCUT2D eigenvalue weighted by Crippen LogP contribution is -2.52. The lowest BCUT2D eigenvalue weighted by Gasteiger charge is -2.34. The molecule has 0 spiro atoms. The lowest BCUT2D eigenvalue weighted by atomic mass is 10.2. The molecular formula is C20H19F2N3O3. The first kappa shape index (κ1) is 19.5. The molecule has 8 heteroatoms. The SMILES string of the molecule is O=C(NCC(=O)N1CCN(C(=O)c2ccccc2)CC1)c1ccc(F)cc1F. The summed E-state index contributed by atoms with van der Waals surface area (Å²) < 4.78 is 26.5. The van der Waals surface area contributed by atoms with Crippen molar-refractivity contribution < 1.29 is 23.2 Å². The summed E-state index contributed by atoms with van der Waals surface area (Å²) in [5.41, 5.74) is 0.267. The third kappa shape index (κ3) is 4.51. The van der Waals surface area contributed by atoms with Crippen molar-refractivity contribution in [2.45, 2.75) is 0 Å². The van der Waals surface area contributed by atoms with Gasteiger partial charge in [-0.1, -0.05) is 18.2 Å². The Morgan fingerprint density at radius 2 is 1.54 bits per heavy atom. The number of carbonyl (C=O) groups excluding carboxylic acids is 3. The van der Waals surface area contributed by atoms with Gasteiger partial charge in [0.1, 0.15) is 11.6 Å². The van der Waals surface area contributed by atoms with E-state index < -0.39 is 17.5 Å². The molecule has 1 aliphatic rings. The van der Waals surface area contributed by atoms with E-state index in [-0.39, 0.29) is 23.9 Å². The molecule has 0 unspecified atom stereocenters. The number of carbonyl (C=O) groups is 3. The fourth-order valence-electron chi connectivity index (χ4n) is 2.96. The second-order valence-corrected chi connectivity index (χ2v) is 6.35. The average molecular weight is 387 g/mol. The molecule has 3 amide bonds. The first-order valence-electron chi connectivity index (χ1n) is 8.81. The second-order valence-electron chi connectivity index (χ2n) is 6.35. The molecule has 146 valence electrons. The molecule has 0 aliphatic carbocycles. The van der Waals surface area contributed by atoms with Crippen LogP contribution in [-0.2, 0) is 4.79 Å². The smallest absolute Gasteiger partial charge is 0.254 e. The van der Waals surface area contributed by atoms with Gasteiger partial charge in [-0.15, -0.1) is 0 Å². The largest absolute Gasteiger partial charge is 0.343 e. The van der Waals surface area contributed by atoms with Crippen molar-refractivity contribution >= 4 is 17.7 Å². The minimum atomic E-state index is -0.988. The molecule has 1 fully saturated rings. The Hall–Kier alpha value is -3.29. The summed E-state index contributed by atoms with van der Waals surface area (Å²) in [6.07, 6.45) is 0. The molecule has 1 saturated heterocycles. The zero-order valence-electron chi connectivity index (χ0n) is 15.0. The maximum Gasteiger partial charge on any atom is 0.254 e. The molecule has 0 radical (unpaired) electrons. The Morgan fingerprint density at radius 3 is 2.18 bits per heavy atom. The number of hydrogen-bond acceptors (Lipinski definition) is 3. The molecule has 0 bridgehead atoms. The van der Waals surface area contributed by atoms with E-state index in [1.54, 1.807) is 29.2 Å². The van der Waals surface area contributed by atoms with E-state index in [1.807, 2.05) is 6.07 Å². The van der Waals surface area contributed by atoms with Gasteiger partial charge in [0.25, 0.3) is 11.8 Å². The van der Waals surface area contributed by atoms with Crippen molar-refractivity contribution in [1.82, 2.24) is 15.1 Å². The monoisotopic (exact) mass is 387 g/mol. The van der Waals surface area contributed by atoms with Crippen molar-refractivity contribution in [2.75, 3.05) is 32.7 Å². The predicted molar refractivity (Wildman–Crippen MR) is 97.6 cm³/mol. The number of rotatable bonds is 4. The summed E-state index contributed by atoms with van der Waals surface area (Å²) in [6.45, 7) is 1.17. The van der Waals surface area contributed by atoms with Crippen molar-refractivity contribution in [3.05, 3.63) is 71.3 Å². The fraction of sp³-hybridized carbons (Fsp3) is 0.250. The Kier molecular flexibility index (Phi) is 5.98. The van der Waals surface area contributed by atoms with Crippen LogP contribution in [-0.4, -0.2) is 60.2 Å². The Labute approximate surface area is 160 Å². The van der Waals surface area contributed by atoms with Crippen LogP contribution >= 0.6 is 0 Å². The minimum Gasteiger partial charge on any atom is -0.343 e. The molecule has 0 atom stereocenters. The molecule has 6 nitrogen and oxygen atoms in total. The van der Waals surface area contributed by atoms with Gasteiger partial charge in [0.15, 0.2) is 0 Å². The van der Waals surface area contributed by atoms with Crippen molar-refractivity contribution in [1.29, 1.82) is 0 Å². The molecule has 1 heterocycles. The van der Waals surface area contributed by atoms with E-state index in [9.17, 15) is 23.2 Å². The standard InChI is InChI=1S/C20H19F2N3O3/c21-15-6-7-16(17(22)12-15)19(27)23-13-18(26)24-8-10-25(11-9-24)20(28)14-4-2-1-3-5-14/h1-7,12H,8-11,13H2,(H,23,27). The van der Waals surface area contributed by atoms with E-state index in [4.69, 9.17) is 0 Å². The maximum absolute atomic E-state index is 13.6. The zero-order valence-corrected chi connectivity index (χ0v) is 15.0. The third-order valence-corrected chi connectivity index (χ3v) is 4.52. The van der Waals surface area contributed by atoms with Crippen LogP contribution in [0.4, 0.5) is 8.78 Å². The highest BCUT2D eigenvalue weighted by atomic mass is 19.1. The molecule has 1 N–H and O–H groups in total. The van der Waals surface area contributed by atoms with Gasteiger partial charge in [-0.2, -0.15) is 0 Å². The number of hydrogen-bond donors (Lipinski definition) is 1. The van der Waals surface area contributed by atoms with Gasteiger partial charge in [-0.25, -0.2) is 8.78 Å². The number of piperazine rings is 1. The number of amides is 3. The number of nitrogens with one attached hydrogen (secondary N) is 1. The van der Waals surface area contributed by atoms with Crippen LogP contribution in [0.15, 0.2) is 48.5 Å². The number of benzene rings is 2. The maximum atomic E-state index is 13.6. The highest BCUT2D eigenvalue weighted by Gasteiger charge is 2.25. The Bertz CT molecular complexity index is 882. The van der Waals surface area contributed by atoms with Gasteiger partial charge in [0.05, 0.1) is 12.1 Å².